The number of rotatable bonds is 4. The van der Waals surface area contributed by atoms with Crippen LogP contribution in [0.5, 0.6) is 0 Å². The van der Waals surface area contributed by atoms with Crippen LogP contribution in [0.25, 0.3) is 0 Å². The first-order valence-corrected chi connectivity index (χ1v) is 5.32. The van der Waals surface area contributed by atoms with Crippen LogP contribution in [0.3, 0.4) is 0 Å². The highest BCUT2D eigenvalue weighted by atomic mass is 32.2. The summed E-state index contributed by atoms with van der Waals surface area (Å²) in [6, 6.07) is 0. The van der Waals surface area contributed by atoms with Gasteiger partial charge in [-0.15, -0.1) is 0 Å². The molecular weight excluding hydrogens is 160 g/mol. The van der Waals surface area contributed by atoms with Gasteiger partial charge < -0.3 is 4.74 Å². The Balaban J connectivity index is 2.15. The summed E-state index contributed by atoms with van der Waals surface area (Å²) in [5.74, 6) is 0.888. The highest BCUT2D eigenvalue weighted by molar-refractivity contribution is 7.85. The van der Waals surface area contributed by atoms with Gasteiger partial charge in [-0.1, -0.05) is 6.58 Å². The summed E-state index contributed by atoms with van der Waals surface area (Å²) in [7, 11) is -0.578. The van der Waals surface area contributed by atoms with E-state index in [-0.39, 0.29) is 0 Å². The van der Waals surface area contributed by atoms with E-state index in [4.69, 9.17) is 4.74 Å². The van der Waals surface area contributed by atoms with Crippen molar-refractivity contribution in [2.45, 2.75) is 24.5 Å². The van der Waals surface area contributed by atoms with E-state index in [1.165, 1.54) is 6.26 Å². The van der Waals surface area contributed by atoms with Gasteiger partial charge in [-0.05, 0) is 19.3 Å². The third-order valence-electron chi connectivity index (χ3n) is 1.92. The van der Waals surface area contributed by atoms with Crippen LogP contribution in [-0.2, 0) is 15.5 Å². The molecular formula is C8H14O2S. The SMILES string of the molecule is C=COCCC1CCCS1=O. The van der Waals surface area contributed by atoms with Gasteiger partial charge in [-0.2, -0.15) is 0 Å². The first kappa shape index (κ1) is 8.78. The van der Waals surface area contributed by atoms with Crippen LogP contribution >= 0.6 is 0 Å². The standard InChI is InChI=1S/C8H14O2S/c1-2-10-6-5-8-4-3-7-11(8)9/h2,8H,1,3-7H2. The Morgan fingerprint density at radius 3 is 3.09 bits per heavy atom. The maximum atomic E-state index is 11.2. The van der Waals surface area contributed by atoms with Gasteiger partial charge in [0, 0.05) is 21.8 Å². The molecule has 64 valence electrons. The van der Waals surface area contributed by atoms with E-state index in [0.717, 1.165) is 25.0 Å². The lowest BCUT2D eigenvalue weighted by atomic mass is 10.2. The van der Waals surface area contributed by atoms with Crippen molar-refractivity contribution in [2.24, 2.45) is 0 Å². The highest BCUT2D eigenvalue weighted by Crippen LogP contribution is 2.18. The zero-order chi connectivity index (χ0) is 8.10. The fourth-order valence-electron chi connectivity index (χ4n) is 1.31. The number of hydrogen-bond donors (Lipinski definition) is 0. The second-order valence-corrected chi connectivity index (χ2v) is 4.51. The van der Waals surface area contributed by atoms with Gasteiger partial charge in [-0.3, -0.25) is 4.21 Å². The van der Waals surface area contributed by atoms with E-state index in [1.54, 1.807) is 0 Å². The zero-order valence-electron chi connectivity index (χ0n) is 6.62. The lowest BCUT2D eigenvalue weighted by Crippen LogP contribution is -2.11. The molecule has 0 saturated carbocycles. The maximum Gasteiger partial charge on any atom is 0.0884 e. The first-order valence-electron chi connectivity index (χ1n) is 3.94. The van der Waals surface area contributed by atoms with E-state index in [1.807, 2.05) is 0 Å². The van der Waals surface area contributed by atoms with Crippen LogP contribution in [0, 0.1) is 0 Å². The third kappa shape index (κ3) is 2.66. The summed E-state index contributed by atoms with van der Waals surface area (Å²) in [4.78, 5) is 0. The Hall–Kier alpha value is -0.310. The van der Waals surface area contributed by atoms with Crippen molar-refractivity contribution in [1.82, 2.24) is 0 Å². The third-order valence-corrected chi connectivity index (χ3v) is 3.82. The molecule has 3 heteroatoms. The molecule has 0 aromatic carbocycles. The van der Waals surface area contributed by atoms with Gasteiger partial charge in [-0.25, -0.2) is 0 Å². The van der Waals surface area contributed by atoms with E-state index in [9.17, 15) is 4.21 Å². The molecule has 1 saturated heterocycles. The molecule has 1 fully saturated rings. The predicted octanol–water partition coefficient (Wildman–Crippen LogP) is 1.45. The summed E-state index contributed by atoms with van der Waals surface area (Å²) in [6.45, 7) is 4.11. The molecule has 1 heterocycles. The molecule has 0 aromatic rings. The molecule has 0 spiro atoms. The van der Waals surface area contributed by atoms with Crippen LogP contribution in [0.15, 0.2) is 12.8 Å². The summed E-state index contributed by atoms with van der Waals surface area (Å²) >= 11 is 0. The van der Waals surface area contributed by atoms with E-state index < -0.39 is 10.8 Å². The molecule has 1 aliphatic heterocycles. The van der Waals surface area contributed by atoms with Crippen molar-refractivity contribution in [2.75, 3.05) is 12.4 Å². The van der Waals surface area contributed by atoms with Crippen molar-refractivity contribution in [3.05, 3.63) is 12.8 Å². The van der Waals surface area contributed by atoms with E-state index in [2.05, 4.69) is 6.58 Å². The maximum absolute atomic E-state index is 11.2. The average molecular weight is 174 g/mol. The first-order chi connectivity index (χ1) is 5.34. The topological polar surface area (TPSA) is 26.3 Å². The summed E-state index contributed by atoms with van der Waals surface area (Å²) in [5, 5.41) is 0.384. The fraction of sp³-hybridized carbons (Fsp3) is 0.750. The molecule has 0 aromatic heterocycles. The van der Waals surface area contributed by atoms with Crippen LogP contribution in [-0.4, -0.2) is 21.8 Å². The Morgan fingerprint density at radius 2 is 2.55 bits per heavy atom. The van der Waals surface area contributed by atoms with Gasteiger partial charge >= 0.3 is 0 Å². The molecule has 0 aliphatic carbocycles. The normalized spacial score (nSPS) is 30.2. The second-order valence-electron chi connectivity index (χ2n) is 2.68. The average Bonchev–Trinajstić information content (AvgIpc) is 2.37. The lowest BCUT2D eigenvalue weighted by Gasteiger charge is -2.06. The zero-order valence-corrected chi connectivity index (χ0v) is 7.44. The Bertz CT molecular complexity index is 156. The van der Waals surface area contributed by atoms with E-state index in [0.29, 0.717) is 11.9 Å². The van der Waals surface area contributed by atoms with Crippen LogP contribution in [0.1, 0.15) is 19.3 Å². The number of hydrogen-bond acceptors (Lipinski definition) is 2. The molecule has 2 unspecified atom stereocenters. The predicted molar refractivity (Wildman–Crippen MR) is 46.8 cm³/mol. The van der Waals surface area contributed by atoms with Gasteiger partial charge in [0.15, 0.2) is 0 Å². The van der Waals surface area contributed by atoms with Crippen molar-refractivity contribution >= 4 is 10.8 Å². The second kappa shape index (κ2) is 4.54. The summed E-state index contributed by atoms with van der Waals surface area (Å²) in [5.41, 5.74) is 0. The van der Waals surface area contributed by atoms with E-state index >= 15 is 0 Å². The Morgan fingerprint density at radius 1 is 1.73 bits per heavy atom. The molecule has 11 heavy (non-hydrogen) atoms. The Kier molecular flexibility index (Phi) is 3.63. The molecule has 1 aliphatic rings. The minimum Gasteiger partial charge on any atom is -0.502 e. The molecule has 2 atom stereocenters. The minimum atomic E-state index is -0.578. The largest absolute Gasteiger partial charge is 0.502 e. The number of ether oxygens (including phenoxy) is 1. The molecule has 0 N–H and O–H groups in total. The van der Waals surface area contributed by atoms with Gasteiger partial charge in [0.05, 0.1) is 12.9 Å². The lowest BCUT2D eigenvalue weighted by molar-refractivity contribution is 0.244. The molecule has 0 radical (unpaired) electrons. The van der Waals surface area contributed by atoms with Gasteiger partial charge in [0.25, 0.3) is 0 Å². The summed E-state index contributed by atoms with van der Waals surface area (Å²) < 4.78 is 16.2. The smallest absolute Gasteiger partial charge is 0.0884 e. The van der Waals surface area contributed by atoms with Gasteiger partial charge in [0.2, 0.25) is 0 Å². The molecule has 0 bridgehead atoms. The van der Waals surface area contributed by atoms with Crippen LogP contribution in [0.2, 0.25) is 0 Å². The van der Waals surface area contributed by atoms with Crippen LogP contribution in [0.4, 0.5) is 0 Å². The quantitative estimate of drug-likeness (QED) is 0.476. The summed E-state index contributed by atoms with van der Waals surface area (Å²) in [6.07, 6.45) is 4.58. The Labute approximate surface area is 70.1 Å². The minimum absolute atomic E-state index is 0.384. The van der Waals surface area contributed by atoms with Gasteiger partial charge in [0.1, 0.15) is 0 Å². The fourth-order valence-corrected chi connectivity index (χ4v) is 2.88. The van der Waals surface area contributed by atoms with Crippen LogP contribution < -0.4 is 0 Å². The van der Waals surface area contributed by atoms with Crippen molar-refractivity contribution < 1.29 is 8.95 Å². The van der Waals surface area contributed by atoms with Crippen molar-refractivity contribution in [1.29, 1.82) is 0 Å². The van der Waals surface area contributed by atoms with Crippen molar-refractivity contribution in [3.8, 4) is 0 Å². The molecule has 0 amide bonds. The highest BCUT2D eigenvalue weighted by Gasteiger charge is 2.22. The molecule has 2 nitrogen and oxygen atoms in total. The molecule has 1 rings (SSSR count). The monoisotopic (exact) mass is 174 g/mol. The van der Waals surface area contributed by atoms with Crippen molar-refractivity contribution in [3.63, 3.8) is 0 Å².